The van der Waals surface area contributed by atoms with Crippen LogP contribution in [-0.4, -0.2) is 35.2 Å². The van der Waals surface area contributed by atoms with Crippen molar-refractivity contribution in [2.24, 2.45) is 0 Å². The summed E-state index contributed by atoms with van der Waals surface area (Å²) in [5.41, 5.74) is -0.0868. The van der Waals surface area contributed by atoms with E-state index in [1.54, 1.807) is 0 Å². The van der Waals surface area contributed by atoms with E-state index in [1.807, 2.05) is 5.32 Å². The van der Waals surface area contributed by atoms with Crippen molar-refractivity contribution in [1.29, 1.82) is 0 Å². The molecule has 0 fully saturated rings. The summed E-state index contributed by atoms with van der Waals surface area (Å²) in [4.78, 5) is 11.3. The molecule has 6 heteroatoms. The van der Waals surface area contributed by atoms with Gasteiger partial charge >= 0.3 is 0 Å². The number of nitrogens with one attached hydrogen (secondary N) is 1. The van der Waals surface area contributed by atoms with Crippen molar-refractivity contribution in [2.75, 3.05) is 13.2 Å². The molecule has 0 radical (unpaired) electrons. The van der Waals surface area contributed by atoms with E-state index in [0.29, 0.717) is 0 Å². The molecule has 0 unspecified atom stereocenters. The topological polar surface area (TPSA) is 69.6 Å². The molecule has 4 nitrogen and oxygen atoms in total. The fourth-order valence-corrected chi connectivity index (χ4v) is 1.03. The maximum Gasteiger partial charge on any atom is 0.287 e. The zero-order chi connectivity index (χ0) is 12.2. The average molecular weight is 231 g/mol. The summed E-state index contributed by atoms with van der Waals surface area (Å²) in [7, 11) is 0. The Morgan fingerprint density at radius 3 is 2.56 bits per heavy atom. The predicted octanol–water partition coefficient (Wildman–Crippen LogP) is 0.750. The number of carbonyl (C=O) groups excluding carboxylic acids is 1. The van der Waals surface area contributed by atoms with Crippen molar-refractivity contribution in [3.05, 3.63) is 29.8 Å². The second-order valence-corrected chi connectivity index (χ2v) is 3.21. The largest absolute Gasteiger partial charge is 0.507 e. The lowest BCUT2D eigenvalue weighted by Crippen LogP contribution is -2.38. The molecule has 0 aliphatic carbocycles. The summed E-state index contributed by atoms with van der Waals surface area (Å²) in [5.74, 6) is -4.46. The Bertz CT molecular complexity index is 382. The van der Waals surface area contributed by atoms with E-state index in [9.17, 15) is 18.7 Å². The average Bonchev–Trinajstić information content (AvgIpc) is 2.27. The summed E-state index contributed by atoms with van der Waals surface area (Å²) in [5, 5.41) is 19.5. The Labute approximate surface area is 90.5 Å². The number of hydrogen-bond acceptors (Lipinski definition) is 3. The lowest BCUT2D eigenvalue weighted by atomic mass is 10.2. The molecule has 0 aromatic heterocycles. The molecule has 0 atom stereocenters. The van der Waals surface area contributed by atoms with Crippen molar-refractivity contribution in [3.63, 3.8) is 0 Å². The van der Waals surface area contributed by atoms with Gasteiger partial charge in [-0.15, -0.1) is 0 Å². The lowest BCUT2D eigenvalue weighted by Gasteiger charge is -2.14. The van der Waals surface area contributed by atoms with Gasteiger partial charge in [0.2, 0.25) is 0 Å². The van der Waals surface area contributed by atoms with Crippen molar-refractivity contribution in [2.45, 2.75) is 5.92 Å². The molecule has 88 valence electrons. The van der Waals surface area contributed by atoms with Gasteiger partial charge in [0.1, 0.15) is 12.4 Å². The summed E-state index contributed by atoms with van der Waals surface area (Å²) >= 11 is 0. The molecule has 1 aromatic rings. The van der Waals surface area contributed by atoms with Crippen LogP contribution in [0.25, 0.3) is 0 Å². The number of aliphatic hydroxyl groups excluding tert-OH is 1. The minimum Gasteiger partial charge on any atom is -0.507 e. The highest BCUT2D eigenvalue weighted by molar-refractivity contribution is 5.96. The van der Waals surface area contributed by atoms with Gasteiger partial charge in [0.25, 0.3) is 11.8 Å². The number of carbonyl (C=O) groups is 1. The minimum atomic E-state index is -3.36. The molecule has 1 amide bonds. The zero-order valence-corrected chi connectivity index (χ0v) is 8.28. The first kappa shape index (κ1) is 12.4. The number of amides is 1. The van der Waals surface area contributed by atoms with Gasteiger partial charge in [-0.05, 0) is 12.1 Å². The van der Waals surface area contributed by atoms with E-state index in [-0.39, 0.29) is 11.3 Å². The van der Waals surface area contributed by atoms with Crippen molar-refractivity contribution >= 4 is 5.91 Å². The van der Waals surface area contributed by atoms with Crippen LogP contribution in [0.5, 0.6) is 5.75 Å². The Hall–Kier alpha value is -1.69. The van der Waals surface area contributed by atoms with E-state index in [0.717, 1.165) is 0 Å². The van der Waals surface area contributed by atoms with E-state index in [2.05, 4.69) is 0 Å². The maximum absolute atomic E-state index is 12.6. The first-order chi connectivity index (χ1) is 7.46. The van der Waals surface area contributed by atoms with Crippen LogP contribution < -0.4 is 5.32 Å². The Kier molecular flexibility index (Phi) is 3.78. The van der Waals surface area contributed by atoms with Crippen LogP contribution in [0.3, 0.4) is 0 Å². The third kappa shape index (κ3) is 3.16. The number of aliphatic hydroxyl groups is 1. The van der Waals surface area contributed by atoms with Crippen molar-refractivity contribution in [1.82, 2.24) is 5.32 Å². The molecule has 0 spiro atoms. The molecule has 0 aliphatic rings. The van der Waals surface area contributed by atoms with Gasteiger partial charge in [-0.2, -0.15) is 0 Å². The second kappa shape index (κ2) is 4.89. The van der Waals surface area contributed by atoms with Crippen LogP contribution in [0.1, 0.15) is 10.4 Å². The molecular formula is C10H11F2NO3. The third-order valence-electron chi connectivity index (χ3n) is 1.89. The van der Waals surface area contributed by atoms with Gasteiger partial charge in [0.05, 0.1) is 12.1 Å². The van der Waals surface area contributed by atoms with Gasteiger partial charge in [-0.3, -0.25) is 4.79 Å². The Morgan fingerprint density at radius 2 is 2.00 bits per heavy atom. The van der Waals surface area contributed by atoms with Gasteiger partial charge in [0.15, 0.2) is 0 Å². The van der Waals surface area contributed by atoms with Crippen LogP contribution in [0.2, 0.25) is 0 Å². The number of hydrogen-bond donors (Lipinski definition) is 3. The van der Waals surface area contributed by atoms with Crippen LogP contribution in [-0.2, 0) is 0 Å². The van der Waals surface area contributed by atoms with Gasteiger partial charge in [-0.25, -0.2) is 8.78 Å². The monoisotopic (exact) mass is 231 g/mol. The van der Waals surface area contributed by atoms with E-state index in [1.165, 1.54) is 24.3 Å². The van der Waals surface area contributed by atoms with Gasteiger partial charge < -0.3 is 15.5 Å². The molecule has 1 aromatic carbocycles. The number of alkyl halides is 2. The van der Waals surface area contributed by atoms with E-state index >= 15 is 0 Å². The number of benzene rings is 1. The van der Waals surface area contributed by atoms with Gasteiger partial charge in [-0.1, -0.05) is 12.1 Å². The van der Waals surface area contributed by atoms with E-state index < -0.39 is 25.0 Å². The standard InChI is InChI=1S/C10H11F2NO3/c11-10(12,6-14)5-13-9(16)7-3-1-2-4-8(7)15/h1-4,14-15H,5-6H2,(H,13,16). The summed E-state index contributed by atoms with van der Waals surface area (Å²) < 4.78 is 25.2. The fourth-order valence-electron chi connectivity index (χ4n) is 1.03. The fraction of sp³-hybridized carbons (Fsp3) is 0.300. The Balaban J connectivity index is 2.64. The minimum absolute atomic E-state index is 0.0868. The Morgan fingerprint density at radius 1 is 1.38 bits per heavy atom. The molecule has 3 N–H and O–H groups in total. The zero-order valence-electron chi connectivity index (χ0n) is 8.28. The van der Waals surface area contributed by atoms with Crippen LogP contribution in [0, 0.1) is 0 Å². The number of para-hydroxylation sites is 1. The van der Waals surface area contributed by atoms with Crippen LogP contribution in [0.15, 0.2) is 24.3 Å². The number of aromatic hydroxyl groups is 1. The maximum atomic E-state index is 12.6. The molecule has 0 saturated heterocycles. The normalized spacial score (nSPS) is 11.2. The quantitative estimate of drug-likeness (QED) is 0.716. The number of phenolic OH excluding ortho intramolecular Hbond substituents is 1. The summed E-state index contributed by atoms with van der Waals surface area (Å²) in [6.45, 7) is -2.31. The molecular weight excluding hydrogens is 220 g/mol. The first-order valence-corrected chi connectivity index (χ1v) is 4.51. The van der Waals surface area contributed by atoms with Crippen LogP contribution >= 0.6 is 0 Å². The highest BCUT2D eigenvalue weighted by Gasteiger charge is 2.28. The molecule has 0 aliphatic heterocycles. The number of phenols is 1. The first-order valence-electron chi connectivity index (χ1n) is 4.51. The number of halogens is 2. The highest BCUT2D eigenvalue weighted by Crippen LogP contribution is 2.16. The third-order valence-corrected chi connectivity index (χ3v) is 1.89. The molecule has 0 bridgehead atoms. The summed E-state index contributed by atoms with van der Waals surface area (Å²) in [6, 6.07) is 5.59. The molecule has 0 saturated carbocycles. The molecule has 16 heavy (non-hydrogen) atoms. The highest BCUT2D eigenvalue weighted by atomic mass is 19.3. The van der Waals surface area contributed by atoms with Crippen molar-refractivity contribution in [3.8, 4) is 5.75 Å². The second-order valence-electron chi connectivity index (χ2n) is 3.21. The van der Waals surface area contributed by atoms with Gasteiger partial charge in [0, 0.05) is 0 Å². The molecule has 0 heterocycles. The smallest absolute Gasteiger partial charge is 0.287 e. The van der Waals surface area contributed by atoms with E-state index in [4.69, 9.17) is 5.11 Å². The SMILES string of the molecule is O=C(NCC(F)(F)CO)c1ccccc1O. The molecule has 1 rings (SSSR count). The number of rotatable bonds is 4. The predicted molar refractivity (Wildman–Crippen MR) is 52.5 cm³/mol. The van der Waals surface area contributed by atoms with Crippen LogP contribution in [0.4, 0.5) is 8.78 Å². The lowest BCUT2D eigenvalue weighted by molar-refractivity contribution is -0.0462. The van der Waals surface area contributed by atoms with Crippen molar-refractivity contribution < 1.29 is 23.8 Å². The summed E-state index contributed by atoms with van der Waals surface area (Å²) in [6.07, 6.45) is 0.